The van der Waals surface area contributed by atoms with Gasteiger partial charge >= 0.3 is 0 Å². The van der Waals surface area contributed by atoms with Crippen LogP contribution in [0.15, 0.2) is 18.2 Å². The van der Waals surface area contributed by atoms with Gasteiger partial charge in [0.15, 0.2) is 11.5 Å². The molecule has 2 rings (SSSR count). The van der Waals surface area contributed by atoms with Crippen LogP contribution in [0.1, 0.15) is 24.8 Å². The van der Waals surface area contributed by atoms with E-state index in [-0.39, 0.29) is 18.2 Å². The first-order valence-electron chi connectivity index (χ1n) is 5.86. The summed E-state index contributed by atoms with van der Waals surface area (Å²) in [6, 6.07) is 5.33. The van der Waals surface area contributed by atoms with Crippen molar-refractivity contribution in [1.29, 1.82) is 5.41 Å². The highest BCUT2D eigenvalue weighted by Gasteiger charge is 2.18. The van der Waals surface area contributed by atoms with Crippen LogP contribution >= 0.6 is 12.4 Å². The molecule has 0 atom stereocenters. The quantitative estimate of drug-likeness (QED) is 0.638. The fraction of sp³-hybridized carbons (Fsp3) is 0.462. The Morgan fingerprint density at radius 1 is 1.39 bits per heavy atom. The maximum Gasteiger partial charge on any atom is 0.161 e. The SMILES string of the molecule is COc1cc(C(=N)N)ccc1OCC1CCC1.Cl. The number of rotatable bonds is 5. The summed E-state index contributed by atoms with van der Waals surface area (Å²) >= 11 is 0. The average molecular weight is 271 g/mol. The average Bonchev–Trinajstić information content (AvgIpc) is 2.27. The molecule has 0 spiro atoms. The van der Waals surface area contributed by atoms with Gasteiger partial charge in [0, 0.05) is 5.56 Å². The monoisotopic (exact) mass is 270 g/mol. The number of halogens is 1. The van der Waals surface area contributed by atoms with Gasteiger partial charge in [0.2, 0.25) is 0 Å². The molecule has 3 N–H and O–H groups in total. The molecule has 0 aromatic heterocycles. The van der Waals surface area contributed by atoms with Crippen molar-refractivity contribution in [3.63, 3.8) is 0 Å². The molecule has 0 heterocycles. The van der Waals surface area contributed by atoms with Gasteiger partial charge in [-0.25, -0.2) is 0 Å². The van der Waals surface area contributed by atoms with Crippen molar-refractivity contribution in [1.82, 2.24) is 0 Å². The fourth-order valence-corrected chi connectivity index (χ4v) is 1.82. The molecular weight excluding hydrogens is 252 g/mol. The normalized spacial score (nSPS) is 14.3. The molecule has 0 radical (unpaired) electrons. The van der Waals surface area contributed by atoms with Crippen molar-refractivity contribution in [2.75, 3.05) is 13.7 Å². The lowest BCUT2D eigenvalue weighted by atomic mass is 9.86. The first-order chi connectivity index (χ1) is 8.20. The maximum atomic E-state index is 7.37. The Kier molecular flexibility index (Phi) is 5.28. The number of amidine groups is 1. The van der Waals surface area contributed by atoms with Crippen LogP contribution in [0.5, 0.6) is 11.5 Å². The van der Waals surface area contributed by atoms with Crippen LogP contribution in [-0.2, 0) is 0 Å². The lowest BCUT2D eigenvalue weighted by Gasteiger charge is -2.25. The second-order valence-corrected chi connectivity index (χ2v) is 4.39. The highest BCUT2D eigenvalue weighted by Crippen LogP contribution is 2.31. The maximum absolute atomic E-state index is 7.37. The van der Waals surface area contributed by atoms with E-state index in [0.29, 0.717) is 17.2 Å². The summed E-state index contributed by atoms with van der Waals surface area (Å²) in [6.45, 7) is 0.746. The molecule has 1 aromatic carbocycles. The zero-order valence-electron chi connectivity index (χ0n) is 10.4. The Hall–Kier alpha value is -1.42. The van der Waals surface area contributed by atoms with Crippen molar-refractivity contribution in [3.05, 3.63) is 23.8 Å². The van der Waals surface area contributed by atoms with Crippen molar-refractivity contribution in [3.8, 4) is 11.5 Å². The van der Waals surface area contributed by atoms with Crippen LogP contribution in [0.4, 0.5) is 0 Å². The Balaban J connectivity index is 0.00000162. The minimum Gasteiger partial charge on any atom is -0.493 e. The number of hydrogen-bond donors (Lipinski definition) is 2. The van der Waals surface area contributed by atoms with Crippen molar-refractivity contribution in [2.24, 2.45) is 11.7 Å². The third-order valence-corrected chi connectivity index (χ3v) is 3.17. The number of hydrogen-bond acceptors (Lipinski definition) is 3. The second kappa shape index (κ2) is 6.50. The molecule has 1 aliphatic carbocycles. The Bertz CT molecular complexity index is 419. The molecule has 1 aliphatic rings. The van der Waals surface area contributed by atoms with Crippen LogP contribution in [0.3, 0.4) is 0 Å². The fourth-order valence-electron chi connectivity index (χ4n) is 1.82. The van der Waals surface area contributed by atoms with Gasteiger partial charge in [-0.1, -0.05) is 6.42 Å². The standard InChI is InChI=1S/C13H18N2O2.ClH/c1-16-12-7-10(13(14)15)5-6-11(12)17-8-9-3-2-4-9;/h5-7,9H,2-4,8H2,1H3,(H3,14,15);1H. The summed E-state index contributed by atoms with van der Waals surface area (Å²) in [6.07, 6.45) is 3.83. The van der Waals surface area contributed by atoms with Crippen LogP contribution in [0.2, 0.25) is 0 Å². The smallest absolute Gasteiger partial charge is 0.161 e. The number of ether oxygens (including phenoxy) is 2. The molecule has 0 aliphatic heterocycles. The van der Waals surface area contributed by atoms with Crippen LogP contribution in [0.25, 0.3) is 0 Å². The van der Waals surface area contributed by atoms with Gasteiger partial charge in [-0.05, 0) is 37.0 Å². The summed E-state index contributed by atoms with van der Waals surface area (Å²) in [4.78, 5) is 0. The Morgan fingerprint density at radius 3 is 2.61 bits per heavy atom. The van der Waals surface area contributed by atoms with Crippen molar-refractivity contribution >= 4 is 18.2 Å². The molecule has 0 amide bonds. The number of nitrogens with two attached hydrogens (primary N) is 1. The van der Waals surface area contributed by atoms with Crippen molar-refractivity contribution < 1.29 is 9.47 Å². The van der Waals surface area contributed by atoms with Gasteiger partial charge in [0.25, 0.3) is 0 Å². The molecule has 1 aromatic rings. The van der Waals surface area contributed by atoms with E-state index >= 15 is 0 Å². The van der Waals surface area contributed by atoms with Crippen LogP contribution < -0.4 is 15.2 Å². The van der Waals surface area contributed by atoms with E-state index < -0.39 is 0 Å². The van der Waals surface area contributed by atoms with Crippen molar-refractivity contribution in [2.45, 2.75) is 19.3 Å². The summed E-state index contributed by atoms with van der Waals surface area (Å²) in [5, 5.41) is 7.37. The third-order valence-electron chi connectivity index (χ3n) is 3.17. The molecule has 4 nitrogen and oxygen atoms in total. The number of nitrogen functional groups attached to an aromatic ring is 1. The molecule has 0 unspecified atom stereocenters. The number of nitrogens with one attached hydrogen (secondary N) is 1. The van der Waals surface area contributed by atoms with E-state index in [1.807, 2.05) is 6.07 Å². The molecule has 0 saturated heterocycles. The van der Waals surface area contributed by atoms with Crippen LogP contribution in [-0.4, -0.2) is 19.6 Å². The van der Waals surface area contributed by atoms with Gasteiger partial charge in [-0.3, -0.25) is 5.41 Å². The largest absolute Gasteiger partial charge is 0.493 e. The van der Waals surface area contributed by atoms with E-state index in [9.17, 15) is 0 Å². The minimum absolute atomic E-state index is 0. The number of benzene rings is 1. The van der Waals surface area contributed by atoms with Gasteiger partial charge in [0.05, 0.1) is 13.7 Å². The highest BCUT2D eigenvalue weighted by atomic mass is 35.5. The van der Waals surface area contributed by atoms with Gasteiger partial charge in [0.1, 0.15) is 5.84 Å². The Morgan fingerprint density at radius 2 is 2.11 bits per heavy atom. The first-order valence-corrected chi connectivity index (χ1v) is 5.86. The predicted molar refractivity (Wildman–Crippen MR) is 74.1 cm³/mol. The summed E-state index contributed by atoms with van der Waals surface area (Å²) < 4.78 is 11.0. The lowest BCUT2D eigenvalue weighted by Crippen LogP contribution is -2.19. The molecule has 1 fully saturated rings. The molecule has 5 heteroatoms. The molecule has 1 saturated carbocycles. The van der Waals surface area contributed by atoms with Crippen LogP contribution in [0, 0.1) is 11.3 Å². The van der Waals surface area contributed by atoms with E-state index in [0.717, 1.165) is 12.4 Å². The zero-order chi connectivity index (χ0) is 12.3. The van der Waals surface area contributed by atoms with E-state index in [2.05, 4.69) is 0 Å². The molecule has 100 valence electrons. The topological polar surface area (TPSA) is 68.3 Å². The minimum atomic E-state index is 0. The van der Waals surface area contributed by atoms with E-state index in [1.165, 1.54) is 19.3 Å². The zero-order valence-corrected chi connectivity index (χ0v) is 11.3. The van der Waals surface area contributed by atoms with Gasteiger partial charge < -0.3 is 15.2 Å². The lowest BCUT2D eigenvalue weighted by molar-refractivity contribution is 0.176. The summed E-state index contributed by atoms with van der Waals surface area (Å²) in [5.74, 6) is 2.09. The highest BCUT2D eigenvalue weighted by molar-refractivity contribution is 5.95. The third kappa shape index (κ3) is 3.29. The Labute approximate surface area is 113 Å². The van der Waals surface area contributed by atoms with Gasteiger partial charge in [-0.15, -0.1) is 12.4 Å². The van der Waals surface area contributed by atoms with E-state index in [1.54, 1.807) is 19.2 Å². The molecular formula is C13H19ClN2O2. The van der Waals surface area contributed by atoms with E-state index in [4.69, 9.17) is 20.6 Å². The second-order valence-electron chi connectivity index (χ2n) is 4.39. The van der Waals surface area contributed by atoms with Gasteiger partial charge in [-0.2, -0.15) is 0 Å². The number of methoxy groups -OCH3 is 1. The molecule has 0 bridgehead atoms. The summed E-state index contributed by atoms with van der Waals surface area (Å²) in [5.41, 5.74) is 6.08. The molecule has 18 heavy (non-hydrogen) atoms. The predicted octanol–water partition coefficient (Wildman–Crippen LogP) is 2.58. The summed E-state index contributed by atoms with van der Waals surface area (Å²) in [7, 11) is 1.59. The first kappa shape index (κ1) is 14.6.